The van der Waals surface area contributed by atoms with Gasteiger partial charge in [-0.3, -0.25) is 0 Å². The van der Waals surface area contributed by atoms with Gasteiger partial charge in [-0.25, -0.2) is 0 Å². The number of thioether (sulfide) groups is 1. The Balaban J connectivity index is 1.88. The Labute approximate surface area is 130 Å². The fraction of sp³-hybridized carbons (Fsp3) is 0.786. The summed E-state index contributed by atoms with van der Waals surface area (Å²) in [5, 5.41) is 4.29. The fourth-order valence-corrected chi connectivity index (χ4v) is 4.33. The topological polar surface area (TPSA) is 57.2 Å². The highest BCUT2D eigenvalue weighted by atomic mass is 32.2. The van der Waals surface area contributed by atoms with Crippen molar-refractivity contribution < 1.29 is 0 Å². The van der Waals surface area contributed by atoms with Crippen LogP contribution in [-0.2, 0) is 0 Å². The van der Waals surface area contributed by atoms with Crippen molar-refractivity contribution in [3.63, 3.8) is 0 Å². The highest BCUT2D eigenvalue weighted by Crippen LogP contribution is 2.28. The lowest BCUT2D eigenvalue weighted by molar-refractivity contribution is 0.701. The molecule has 1 N–H and O–H groups in total. The molecule has 0 spiro atoms. The summed E-state index contributed by atoms with van der Waals surface area (Å²) in [6.07, 6.45) is 2.45. The van der Waals surface area contributed by atoms with Crippen molar-refractivity contribution in [3.8, 4) is 0 Å². The lowest BCUT2D eigenvalue weighted by Crippen LogP contribution is -2.41. The minimum Gasteiger partial charge on any atom is -0.357 e. The highest BCUT2D eigenvalue weighted by Gasteiger charge is 2.26. The average molecular weight is 308 g/mol. The van der Waals surface area contributed by atoms with E-state index in [4.69, 9.17) is 4.98 Å². The molecule has 1 aromatic heterocycles. The Bertz CT molecular complexity index is 480. The van der Waals surface area contributed by atoms with Gasteiger partial charge in [-0.05, 0) is 12.8 Å². The zero-order valence-electron chi connectivity index (χ0n) is 13.0. The largest absolute Gasteiger partial charge is 0.357 e. The third-order valence-electron chi connectivity index (χ3n) is 3.93. The zero-order chi connectivity index (χ0) is 14.8. The number of rotatable bonds is 3. The number of hydrogen-bond donors (Lipinski definition) is 1. The van der Waals surface area contributed by atoms with E-state index in [-0.39, 0.29) is 0 Å². The summed E-state index contributed by atoms with van der Waals surface area (Å²) >= 11 is 2.04. The normalized spacial score (nSPS) is 26.2. The van der Waals surface area contributed by atoms with Crippen LogP contribution in [0.25, 0.3) is 0 Å². The maximum Gasteiger partial charge on any atom is 0.232 e. The van der Waals surface area contributed by atoms with Crippen LogP contribution in [0.5, 0.6) is 0 Å². The summed E-state index contributed by atoms with van der Waals surface area (Å²) in [5.74, 6) is 2.30. The van der Waals surface area contributed by atoms with Gasteiger partial charge in [0.15, 0.2) is 0 Å². The molecule has 1 aromatic rings. The fourth-order valence-electron chi connectivity index (χ4n) is 3.01. The monoisotopic (exact) mass is 308 g/mol. The first-order valence-corrected chi connectivity index (χ1v) is 8.69. The van der Waals surface area contributed by atoms with Crippen LogP contribution in [0.4, 0.5) is 17.8 Å². The molecule has 0 amide bonds. The maximum atomic E-state index is 4.74. The molecule has 6 nitrogen and oxygen atoms in total. The van der Waals surface area contributed by atoms with Gasteiger partial charge < -0.3 is 15.1 Å². The molecule has 0 saturated carbocycles. The summed E-state index contributed by atoms with van der Waals surface area (Å²) in [6, 6.07) is 0. The van der Waals surface area contributed by atoms with E-state index in [1.807, 2.05) is 18.8 Å². The van der Waals surface area contributed by atoms with Gasteiger partial charge in [-0.15, -0.1) is 0 Å². The number of nitrogens with one attached hydrogen (secondary N) is 1. The van der Waals surface area contributed by atoms with Crippen LogP contribution in [0, 0.1) is 0 Å². The third-order valence-corrected chi connectivity index (χ3v) is 5.15. The van der Waals surface area contributed by atoms with Crippen LogP contribution in [0.3, 0.4) is 0 Å². The average Bonchev–Trinajstić information content (AvgIpc) is 3.00. The van der Waals surface area contributed by atoms with Crippen LogP contribution >= 0.6 is 11.8 Å². The molecule has 2 fully saturated rings. The SMILES string of the molecule is CNc1nc(N2CCCC2)nc(N2CC(C)SC(C)C2)n1. The van der Waals surface area contributed by atoms with E-state index < -0.39 is 0 Å². The summed E-state index contributed by atoms with van der Waals surface area (Å²) in [7, 11) is 1.87. The molecule has 0 radical (unpaired) electrons. The maximum absolute atomic E-state index is 4.74. The molecule has 0 aromatic carbocycles. The molecule has 2 saturated heterocycles. The highest BCUT2D eigenvalue weighted by molar-refractivity contribution is 8.00. The van der Waals surface area contributed by atoms with E-state index in [1.165, 1.54) is 12.8 Å². The van der Waals surface area contributed by atoms with Crippen molar-refractivity contribution in [2.75, 3.05) is 48.3 Å². The van der Waals surface area contributed by atoms with Gasteiger partial charge in [0, 0.05) is 43.7 Å². The molecule has 0 aliphatic carbocycles. The summed E-state index contributed by atoms with van der Waals surface area (Å²) in [5.41, 5.74) is 0. The van der Waals surface area contributed by atoms with Gasteiger partial charge in [-0.2, -0.15) is 26.7 Å². The van der Waals surface area contributed by atoms with Crippen LogP contribution in [0.1, 0.15) is 26.7 Å². The summed E-state index contributed by atoms with van der Waals surface area (Å²) in [4.78, 5) is 18.4. The van der Waals surface area contributed by atoms with E-state index in [9.17, 15) is 0 Å². The predicted molar refractivity (Wildman–Crippen MR) is 89.5 cm³/mol. The molecule has 21 heavy (non-hydrogen) atoms. The predicted octanol–water partition coefficient (Wildman–Crippen LogP) is 1.84. The lowest BCUT2D eigenvalue weighted by Gasteiger charge is -2.34. The van der Waals surface area contributed by atoms with Crippen molar-refractivity contribution >= 4 is 29.6 Å². The van der Waals surface area contributed by atoms with Gasteiger partial charge in [0.25, 0.3) is 0 Å². The smallest absolute Gasteiger partial charge is 0.232 e. The molecule has 2 aliphatic heterocycles. The number of nitrogens with zero attached hydrogens (tertiary/aromatic N) is 5. The molecule has 2 aliphatic rings. The number of hydrogen-bond acceptors (Lipinski definition) is 7. The van der Waals surface area contributed by atoms with Crippen LogP contribution in [0.2, 0.25) is 0 Å². The molecule has 3 heterocycles. The molecule has 3 rings (SSSR count). The molecule has 116 valence electrons. The second-order valence-corrected chi connectivity index (χ2v) is 7.75. The first kappa shape index (κ1) is 14.7. The van der Waals surface area contributed by atoms with E-state index >= 15 is 0 Å². The first-order valence-electron chi connectivity index (χ1n) is 7.75. The van der Waals surface area contributed by atoms with Crippen LogP contribution < -0.4 is 15.1 Å². The van der Waals surface area contributed by atoms with Crippen molar-refractivity contribution in [2.24, 2.45) is 0 Å². The van der Waals surface area contributed by atoms with E-state index in [0.717, 1.165) is 38.1 Å². The quantitative estimate of drug-likeness (QED) is 0.914. The van der Waals surface area contributed by atoms with Crippen molar-refractivity contribution in [2.45, 2.75) is 37.2 Å². The Hall–Kier alpha value is -1.24. The molecule has 7 heteroatoms. The molecule has 2 atom stereocenters. The Morgan fingerprint density at radius 2 is 1.52 bits per heavy atom. The Morgan fingerprint density at radius 1 is 0.952 bits per heavy atom. The second kappa shape index (κ2) is 6.25. The number of aromatic nitrogens is 3. The minimum atomic E-state index is 0.610. The van der Waals surface area contributed by atoms with Gasteiger partial charge in [0.05, 0.1) is 0 Å². The van der Waals surface area contributed by atoms with Crippen LogP contribution in [-0.4, -0.2) is 58.7 Å². The molecular weight excluding hydrogens is 284 g/mol. The summed E-state index contributed by atoms with van der Waals surface area (Å²) < 4.78 is 0. The first-order chi connectivity index (χ1) is 10.2. The molecular formula is C14H24N6S. The van der Waals surface area contributed by atoms with Crippen molar-refractivity contribution in [3.05, 3.63) is 0 Å². The zero-order valence-corrected chi connectivity index (χ0v) is 13.9. The number of anilines is 3. The third kappa shape index (κ3) is 3.33. The standard InChI is InChI=1S/C14H24N6S/c1-10-8-20(9-11(2)21-10)14-17-12(15-3)16-13(18-14)19-6-4-5-7-19/h10-11H,4-9H2,1-3H3,(H,15,16,17,18). The van der Waals surface area contributed by atoms with E-state index in [1.54, 1.807) is 0 Å². The van der Waals surface area contributed by atoms with E-state index in [0.29, 0.717) is 16.4 Å². The molecule has 0 bridgehead atoms. The van der Waals surface area contributed by atoms with E-state index in [2.05, 4.69) is 38.9 Å². The van der Waals surface area contributed by atoms with Crippen LogP contribution in [0.15, 0.2) is 0 Å². The van der Waals surface area contributed by atoms with Crippen molar-refractivity contribution in [1.82, 2.24) is 15.0 Å². The minimum absolute atomic E-state index is 0.610. The van der Waals surface area contributed by atoms with Gasteiger partial charge in [-0.1, -0.05) is 13.8 Å². The van der Waals surface area contributed by atoms with Crippen molar-refractivity contribution in [1.29, 1.82) is 0 Å². The summed E-state index contributed by atoms with van der Waals surface area (Å²) in [6.45, 7) is 8.65. The lowest BCUT2D eigenvalue weighted by atomic mass is 10.3. The van der Waals surface area contributed by atoms with Gasteiger partial charge in [0.2, 0.25) is 17.8 Å². The van der Waals surface area contributed by atoms with Gasteiger partial charge >= 0.3 is 0 Å². The van der Waals surface area contributed by atoms with Gasteiger partial charge in [0.1, 0.15) is 0 Å². The molecule has 2 unspecified atom stereocenters. The Morgan fingerprint density at radius 3 is 2.10 bits per heavy atom. The Kier molecular flexibility index (Phi) is 4.37. The second-order valence-electron chi connectivity index (χ2n) is 5.87.